The molecule has 2 aromatic rings. The van der Waals surface area contributed by atoms with E-state index in [-0.39, 0.29) is 29.7 Å². The molecular weight excluding hydrogens is 320 g/mol. The van der Waals surface area contributed by atoms with Crippen LogP contribution in [0.4, 0.5) is 5.69 Å². The molecule has 1 fully saturated rings. The van der Waals surface area contributed by atoms with Crippen LogP contribution in [-0.2, 0) is 4.74 Å². The number of ether oxygens (including phenoxy) is 1. The quantitative estimate of drug-likeness (QED) is 0.907. The van der Waals surface area contributed by atoms with Crippen molar-refractivity contribution in [2.24, 2.45) is 0 Å². The van der Waals surface area contributed by atoms with E-state index >= 15 is 0 Å². The van der Waals surface area contributed by atoms with E-state index in [9.17, 15) is 9.59 Å². The lowest BCUT2D eigenvalue weighted by atomic mass is 10.1. The van der Waals surface area contributed by atoms with E-state index in [1.165, 1.54) is 11.2 Å². The minimum absolute atomic E-state index is 0.0404. The number of amides is 2. The molecule has 0 unspecified atom stereocenters. The maximum absolute atomic E-state index is 12.7. The highest BCUT2D eigenvalue weighted by Gasteiger charge is 2.26. The van der Waals surface area contributed by atoms with Crippen LogP contribution in [0.2, 0.25) is 0 Å². The van der Waals surface area contributed by atoms with Crippen molar-refractivity contribution in [1.29, 1.82) is 0 Å². The average Bonchev–Trinajstić information content (AvgIpc) is 3.33. The lowest BCUT2D eigenvalue weighted by molar-refractivity contribution is 0.0712. The van der Waals surface area contributed by atoms with E-state index < -0.39 is 0 Å². The molecule has 25 heavy (non-hydrogen) atoms. The van der Waals surface area contributed by atoms with Crippen molar-refractivity contribution < 1.29 is 18.7 Å². The fourth-order valence-corrected chi connectivity index (χ4v) is 3.01. The number of nitrogens with one attached hydrogen (secondary N) is 1. The Morgan fingerprint density at radius 1 is 1.24 bits per heavy atom. The summed E-state index contributed by atoms with van der Waals surface area (Å²) in [5, 5.41) is 2.98. The first-order valence-corrected chi connectivity index (χ1v) is 8.41. The summed E-state index contributed by atoms with van der Waals surface area (Å²) < 4.78 is 10.8. The van der Waals surface area contributed by atoms with Gasteiger partial charge in [-0.05, 0) is 44.0 Å². The maximum Gasteiger partial charge on any atom is 0.293 e. The highest BCUT2D eigenvalue weighted by Crippen LogP contribution is 2.22. The third-order valence-electron chi connectivity index (χ3n) is 4.43. The van der Waals surface area contributed by atoms with Crippen LogP contribution >= 0.6 is 0 Å². The second-order valence-electron chi connectivity index (χ2n) is 6.17. The van der Waals surface area contributed by atoms with Gasteiger partial charge in [-0.2, -0.15) is 0 Å². The van der Waals surface area contributed by atoms with Crippen LogP contribution in [0.25, 0.3) is 0 Å². The molecule has 0 saturated carbocycles. The second kappa shape index (κ2) is 7.53. The number of para-hydroxylation sites is 1. The van der Waals surface area contributed by atoms with Gasteiger partial charge in [0.15, 0.2) is 5.76 Å². The van der Waals surface area contributed by atoms with E-state index in [1.54, 1.807) is 43.4 Å². The Bertz CT molecular complexity index is 736. The van der Waals surface area contributed by atoms with Crippen molar-refractivity contribution in [2.75, 3.05) is 18.6 Å². The molecule has 1 aromatic carbocycles. The smallest absolute Gasteiger partial charge is 0.293 e. The van der Waals surface area contributed by atoms with Gasteiger partial charge in [0.25, 0.3) is 11.8 Å². The number of benzene rings is 1. The first kappa shape index (κ1) is 17.2. The Morgan fingerprint density at radius 3 is 2.72 bits per heavy atom. The van der Waals surface area contributed by atoms with Crippen molar-refractivity contribution in [2.45, 2.75) is 31.9 Å². The molecule has 0 radical (unpaired) electrons. The van der Waals surface area contributed by atoms with E-state index in [1.807, 2.05) is 6.92 Å². The minimum Gasteiger partial charge on any atom is -0.459 e. The molecule has 1 saturated heterocycles. The van der Waals surface area contributed by atoms with Gasteiger partial charge in [0.1, 0.15) is 0 Å². The van der Waals surface area contributed by atoms with Crippen LogP contribution in [0.1, 0.15) is 40.7 Å². The largest absolute Gasteiger partial charge is 0.459 e. The highest BCUT2D eigenvalue weighted by molar-refractivity contribution is 6.09. The number of carbonyl (C=O) groups is 2. The molecule has 1 aromatic heterocycles. The van der Waals surface area contributed by atoms with Gasteiger partial charge >= 0.3 is 0 Å². The number of furan rings is 1. The molecule has 6 heteroatoms. The first-order chi connectivity index (χ1) is 12.1. The fraction of sp³-hybridized carbons (Fsp3) is 0.368. The fourth-order valence-electron chi connectivity index (χ4n) is 3.01. The van der Waals surface area contributed by atoms with Gasteiger partial charge in [-0.15, -0.1) is 0 Å². The van der Waals surface area contributed by atoms with Crippen molar-refractivity contribution in [3.8, 4) is 0 Å². The molecule has 2 amide bonds. The second-order valence-corrected chi connectivity index (χ2v) is 6.17. The van der Waals surface area contributed by atoms with Crippen molar-refractivity contribution in [1.82, 2.24) is 5.32 Å². The van der Waals surface area contributed by atoms with E-state index in [0.717, 1.165) is 19.4 Å². The molecule has 0 spiro atoms. The molecule has 1 aliphatic heterocycles. The van der Waals surface area contributed by atoms with Crippen molar-refractivity contribution >= 4 is 17.5 Å². The van der Waals surface area contributed by atoms with Crippen LogP contribution < -0.4 is 10.2 Å². The monoisotopic (exact) mass is 342 g/mol. The SMILES string of the molecule is C[C@@H](NC(=O)c1ccccc1N(C)C(=O)c1ccco1)[C@H]1CCCO1. The Hall–Kier alpha value is -2.60. The minimum atomic E-state index is -0.308. The number of hydrogen-bond acceptors (Lipinski definition) is 4. The zero-order valence-corrected chi connectivity index (χ0v) is 14.4. The van der Waals surface area contributed by atoms with Crippen LogP contribution in [0, 0.1) is 0 Å². The zero-order chi connectivity index (χ0) is 17.8. The van der Waals surface area contributed by atoms with Gasteiger partial charge in [-0.25, -0.2) is 0 Å². The summed E-state index contributed by atoms with van der Waals surface area (Å²) >= 11 is 0. The molecule has 1 N–H and O–H groups in total. The van der Waals surface area contributed by atoms with Gasteiger partial charge in [0.05, 0.1) is 29.7 Å². The molecule has 6 nitrogen and oxygen atoms in total. The predicted octanol–water partition coefficient (Wildman–Crippen LogP) is 2.85. The summed E-state index contributed by atoms with van der Waals surface area (Å²) in [6, 6.07) is 10.2. The summed E-state index contributed by atoms with van der Waals surface area (Å²) in [5.41, 5.74) is 0.968. The molecule has 2 atom stereocenters. The summed E-state index contributed by atoms with van der Waals surface area (Å²) in [5.74, 6) is -0.305. The normalized spacial score (nSPS) is 17.9. The van der Waals surface area contributed by atoms with E-state index in [4.69, 9.17) is 9.15 Å². The Kier molecular flexibility index (Phi) is 5.19. The average molecular weight is 342 g/mol. The third kappa shape index (κ3) is 3.74. The zero-order valence-electron chi connectivity index (χ0n) is 14.4. The summed E-state index contributed by atoms with van der Waals surface area (Å²) in [6.07, 6.45) is 3.45. The number of rotatable bonds is 5. The molecule has 1 aliphatic rings. The molecule has 0 bridgehead atoms. The van der Waals surface area contributed by atoms with E-state index in [0.29, 0.717) is 11.3 Å². The number of hydrogen-bond donors (Lipinski definition) is 1. The Morgan fingerprint density at radius 2 is 2.04 bits per heavy atom. The van der Waals surface area contributed by atoms with Crippen LogP contribution in [-0.4, -0.2) is 37.6 Å². The lowest BCUT2D eigenvalue weighted by Gasteiger charge is -2.23. The van der Waals surface area contributed by atoms with Gasteiger partial charge in [-0.3, -0.25) is 9.59 Å². The third-order valence-corrected chi connectivity index (χ3v) is 4.43. The number of anilines is 1. The van der Waals surface area contributed by atoms with Crippen molar-refractivity contribution in [3.05, 3.63) is 54.0 Å². The topological polar surface area (TPSA) is 71.8 Å². The van der Waals surface area contributed by atoms with Gasteiger partial charge < -0.3 is 19.4 Å². The van der Waals surface area contributed by atoms with Crippen LogP contribution in [0.3, 0.4) is 0 Å². The van der Waals surface area contributed by atoms with Crippen LogP contribution in [0.15, 0.2) is 47.1 Å². The van der Waals surface area contributed by atoms with Crippen molar-refractivity contribution in [3.63, 3.8) is 0 Å². The van der Waals surface area contributed by atoms with Crippen LogP contribution in [0.5, 0.6) is 0 Å². The molecule has 3 rings (SSSR count). The standard InChI is InChI=1S/C19H22N2O4/c1-13(16-9-5-11-24-16)20-18(22)14-7-3-4-8-15(14)21(2)19(23)17-10-6-12-25-17/h3-4,6-8,10,12-13,16H,5,9,11H2,1-2H3,(H,20,22)/t13-,16-/m1/s1. The summed E-state index contributed by atoms with van der Waals surface area (Å²) in [7, 11) is 1.63. The summed E-state index contributed by atoms with van der Waals surface area (Å²) in [6.45, 7) is 2.68. The predicted molar refractivity (Wildman–Crippen MR) is 93.8 cm³/mol. The number of carbonyl (C=O) groups excluding carboxylic acids is 2. The van der Waals surface area contributed by atoms with E-state index in [2.05, 4.69) is 5.32 Å². The molecule has 2 heterocycles. The van der Waals surface area contributed by atoms with Gasteiger partial charge in [0.2, 0.25) is 0 Å². The number of nitrogens with zero attached hydrogens (tertiary/aromatic N) is 1. The highest BCUT2D eigenvalue weighted by atomic mass is 16.5. The molecule has 0 aliphatic carbocycles. The van der Waals surface area contributed by atoms with Gasteiger partial charge in [-0.1, -0.05) is 12.1 Å². The van der Waals surface area contributed by atoms with Gasteiger partial charge in [0, 0.05) is 13.7 Å². The Balaban J connectivity index is 1.78. The summed E-state index contributed by atoms with van der Waals surface area (Å²) in [4.78, 5) is 26.6. The lowest BCUT2D eigenvalue weighted by Crippen LogP contribution is -2.41. The molecule has 132 valence electrons. The maximum atomic E-state index is 12.7. The molecular formula is C19H22N2O4. The first-order valence-electron chi connectivity index (χ1n) is 8.41. The Labute approximate surface area is 146 Å².